The fourth-order valence-electron chi connectivity index (χ4n) is 2.61. The molecule has 11 heavy (non-hydrogen) atoms. The summed E-state index contributed by atoms with van der Waals surface area (Å²) >= 11 is 0. The zero-order valence-electron chi connectivity index (χ0n) is 7.61. The van der Waals surface area contributed by atoms with Crippen LogP contribution in [0.2, 0.25) is 0 Å². The van der Waals surface area contributed by atoms with Gasteiger partial charge in [0, 0.05) is 0 Å². The van der Waals surface area contributed by atoms with Crippen molar-refractivity contribution in [3.8, 4) is 0 Å². The summed E-state index contributed by atoms with van der Waals surface area (Å²) in [5.41, 5.74) is 4.04. The maximum absolute atomic E-state index is 2.40. The van der Waals surface area contributed by atoms with E-state index in [1.807, 2.05) is 0 Å². The number of rotatable bonds is 0. The standard InChI is InChI=1S/C10H16.ClH/c1-7-4-5-8-6-9(7)10(8,2)3;/h8H,4-6H2,1-3H3;1H. The first-order chi connectivity index (χ1) is 4.62. The Morgan fingerprint density at radius 2 is 2.00 bits per heavy atom. The Balaban J connectivity index is 0.000000605. The van der Waals surface area contributed by atoms with E-state index < -0.39 is 0 Å². The first-order valence-electron chi connectivity index (χ1n) is 4.31. The number of allylic oxidation sites excluding steroid dienone is 2. The molecule has 64 valence electrons. The van der Waals surface area contributed by atoms with E-state index in [4.69, 9.17) is 0 Å². The molecule has 0 heterocycles. The lowest BCUT2D eigenvalue weighted by molar-refractivity contribution is 0.133. The maximum Gasteiger partial charge on any atom is -0.0111 e. The molecule has 0 amide bonds. The van der Waals surface area contributed by atoms with E-state index in [-0.39, 0.29) is 12.4 Å². The van der Waals surface area contributed by atoms with Crippen LogP contribution >= 0.6 is 12.4 Å². The molecule has 0 saturated heterocycles. The molecule has 0 aromatic rings. The highest BCUT2D eigenvalue weighted by Crippen LogP contribution is 2.58. The van der Waals surface area contributed by atoms with Gasteiger partial charge in [0.1, 0.15) is 0 Å². The summed E-state index contributed by atoms with van der Waals surface area (Å²) in [6.07, 6.45) is 4.24. The van der Waals surface area contributed by atoms with Crippen LogP contribution in [0.25, 0.3) is 0 Å². The van der Waals surface area contributed by atoms with E-state index in [0.717, 1.165) is 5.92 Å². The van der Waals surface area contributed by atoms with Crippen LogP contribution in [0.15, 0.2) is 11.1 Å². The smallest absolute Gasteiger partial charge is 0.0111 e. The predicted octanol–water partition coefficient (Wildman–Crippen LogP) is 3.56. The third-order valence-corrected chi connectivity index (χ3v) is 3.63. The molecular weight excluding hydrogens is 156 g/mol. The molecule has 1 heteroatoms. The van der Waals surface area contributed by atoms with E-state index in [0.29, 0.717) is 5.41 Å². The summed E-state index contributed by atoms with van der Waals surface area (Å²) < 4.78 is 0. The first kappa shape index (κ1) is 9.12. The summed E-state index contributed by atoms with van der Waals surface area (Å²) in [6.45, 7) is 7.12. The Kier molecular flexibility index (Phi) is 2.09. The highest BCUT2D eigenvalue weighted by atomic mass is 35.5. The average molecular weight is 173 g/mol. The van der Waals surface area contributed by atoms with Gasteiger partial charge in [0.05, 0.1) is 0 Å². The second-order valence-electron chi connectivity index (χ2n) is 4.42. The molecule has 0 aromatic heterocycles. The molecule has 0 aromatic carbocycles. The van der Waals surface area contributed by atoms with Crippen LogP contribution in [0.3, 0.4) is 0 Å². The van der Waals surface area contributed by atoms with Crippen molar-refractivity contribution < 1.29 is 0 Å². The molecule has 3 aliphatic rings. The van der Waals surface area contributed by atoms with Crippen molar-refractivity contribution in [3.05, 3.63) is 11.1 Å². The van der Waals surface area contributed by atoms with E-state index in [9.17, 15) is 0 Å². The molecule has 2 bridgehead atoms. The summed E-state index contributed by atoms with van der Waals surface area (Å²) in [7, 11) is 0. The SMILES string of the molecule is CC1=C2CC(CC1)C2(C)C.Cl. The molecule has 1 fully saturated rings. The molecule has 0 spiro atoms. The van der Waals surface area contributed by atoms with E-state index in [1.165, 1.54) is 19.3 Å². The van der Waals surface area contributed by atoms with Crippen LogP contribution in [-0.4, -0.2) is 0 Å². The van der Waals surface area contributed by atoms with Crippen molar-refractivity contribution in [3.63, 3.8) is 0 Å². The quantitative estimate of drug-likeness (QED) is 0.491. The summed E-state index contributed by atoms with van der Waals surface area (Å²) in [4.78, 5) is 0. The third kappa shape index (κ3) is 1.03. The van der Waals surface area contributed by atoms with Gasteiger partial charge in [-0.15, -0.1) is 12.4 Å². The van der Waals surface area contributed by atoms with Gasteiger partial charge >= 0.3 is 0 Å². The fourth-order valence-corrected chi connectivity index (χ4v) is 2.61. The van der Waals surface area contributed by atoms with Crippen molar-refractivity contribution in [1.29, 1.82) is 0 Å². The zero-order chi connectivity index (χ0) is 7.35. The number of hydrogen-bond donors (Lipinski definition) is 0. The van der Waals surface area contributed by atoms with Crippen molar-refractivity contribution in [2.24, 2.45) is 11.3 Å². The number of hydrogen-bond acceptors (Lipinski definition) is 0. The van der Waals surface area contributed by atoms with Gasteiger partial charge in [-0.3, -0.25) is 0 Å². The highest BCUT2D eigenvalue weighted by molar-refractivity contribution is 5.85. The van der Waals surface area contributed by atoms with Gasteiger partial charge < -0.3 is 0 Å². The second kappa shape index (κ2) is 2.52. The van der Waals surface area contributed by atoms with Crippen molar-refractivity contribution >= 4 is 12.4 Å². The van der Waals surface area contributed by atoms with Gasteiger partial charge in [-0.25, -0.2) is 0 Å². The molecule has 3 aliphatic carbocycles. The van der Waals surface area contributed by atoms with E-state index in [2.05, 4.69) is 20.8 Å². The van der Waals surface area contributed by atoms with E-state index in [1.54, 1.807) is 11.1 Å². The minimum absolute atomic E-state index is 0. The molecule has 1 unspecified atom stereocenters. The third-order valence-electron chi connectivity index (χ3n) is 3.63. The topological polar surface area (TPSA) is 0 Å². The van der Waals surface area contributed by atoms with Crippen LogP contribution in [0.4, 0.5) is 0 Å². The van der Waals surface area contributed by atoms with E-state index >= 15 is 0 Å². The molecule has 0 N–H and O–H groups in total. The molecule has 1 atom stereocenters. The Morgan fingerprint density at radius 1 is 1.36 bits per heavy atom. The molecular formula is C10H17Cl. The lowest BCUT2D eigenvalue weighted by atomic mass is 9.52. The van der Waals surface area contributed by atoms with Crippen LogP contribution in [0, 0.1) is 11.3 Å². The molecule has 0 nitrogen and oxygen atoms in total. The van der Waals surface area contributed by atoms with Crippen LogP contribution in [0.1, 0.15) is 40.0 Å². The Hall–Kier alpha value is 0.0300. The van der Waals surface area contributed by atoms with Gasteiger partial charge in [-0.1, -0.05) is 25.0 Å². The minimum Gasteiger partial charge on any atom is -0.147 e. The lowest BCUT2D eigenvalue weighted by Crippen LogP contribution is -2.41. The van der Waals surface area contributed by atoms with Gasteiger partial charge in [0.15, 0.2) is 0 Å². The van der Waals surface area contributed by atoms with Crippen molar-refractivity contribution in [1.82, 2.24) is 0 Å². The monoisotopic (exact) mass is 172 g/mol. The number of halogens is 1. The van der Waals surface area contributed by atoms with Crippen molar-refractivity contribution in [2.75, 3.05) is 0 Å². The molecule has 3 rings (SSSR count). The summed E-state index contributed by atoms with van der Waals surface area (Å²) in [6, 6.07) is 0. The lowest BCUT2D eigenvalue weighted by Gasteiger charge is -2.52. The summed E-state index contributed by atoms with van der Waals surface area (Å²) in [5.74, 6) is 1.02. The van der Waals surface area contributed by atoms with Gasteiger partial charge in [-0.2, -0.15) is 0 Å². The maximum atomic E-state index is 2.40. The first-order valence-corrected chi connectivity index (χ1v) is 4.31. The van der Waals surface area contributed by atoms with Crippen LogP contribution < -0.4 is 0 Å². The Bertz CT molecular complexity index is 201. The van der Waals surface area contributed by atoms with Crippen molar-refractivity contribution in [2.45, 2.75) is 40.0 Å². The number of fused-ring (bicyclic) bond motifs is 2. The zero-order valence-corrected chi connectivity index (χ0v) is 8.42. The van der Waals surface area contributed by atoms with Gasteiger partial charge in [0.2, 0.25) is 0 Å². The van der Waals surface area contributed by atoms with Gasteiger partial charge in [-0.05, 0) is 37.5 Å². The summed E-state index contributed by atoms with van der Waals surface area (Å²) in [5, 5.41) is 0. The Morgan fingerprint density at radius 3 is 2.27 bits per heavy atom. The Labute approximate surface area is 75.5 Å². The normalized spacial score (nSPS) is 32.5. The average Bonchev–Trinajstić information content (AvgIpc) is 1.87. The fraction of sp³-hybridized carbons (Fsp3) is 0.800. The minimum atomic E-state index is 0. The second-order valence-corrected chi connectivity index (χ2v) is 4.42. The van der Waals surface area contributed by atoms with Crippen LogP contribution in [0.5, 0.6) is 0 Å². The molecule has 0 radical (unpaired) electrons. The largest absolute Gasteiger partial charge is 0.147 e. The molecule has 0 aliphatic heterocycles. The predicted molar refractivity (Wildman–Crippen MR) is 51.1 cm³/mol. The van der Waals surface area contributed by atoms with Gasteiger partial charge in [0.25, 0.3) is 0 Å². The highest BCUT2D eigenvalue weighted by Gasteiger charge is 2.46. The van der Waals surface area contributed by atoms with Crippen LogP contribution in [-0.2, 0) is 0 Å². The molecule has 1 saturated carbocycles.